The monoisotopic (exact) mass is 91.0 g/mol. The second-order valence-corrected chi connectivity index (χ2v) is 1.79. The van der Waals surface area contributed by atoms with E-state index < -0.39 is 0 Å². The van der Waals surface area contributed by atoms with Crippen LogP contribution in [0.15, 0.2) is 18.3 Å². The lowest BCUT2D eigenvalue weighted by Gasteiger charge is -1.69. The van der Waals surface area contributed by atoms with Gasteiger partial charge in [-0.05, 0) is 11.6 Å². The molecule has 0 aliphatic heterocycles. The van der Waals surface area contributed by atoms with E-state index in [4.69, 9.17) is 0 Å². The molecule has 0 saturated heterocycles. The molecule has 1 aliphatic rings. The molecule has 0 radical (unpaired) electrons. The van der Waals surface area contributed by atoms with Crippen molar-refractivity contribution in [3.63, 3.8) is 0 Å². The van der Waals surface area contributed by atoms with Crippen LogP contribution in [0.5, 0.6) is 0 Å². The first kappa shape index (κ1) is 3.19. The Balaban J connectivity index is 2.73. The van der Waals surface area contributed by atoms with Gasteiger partial charge in [-0.25, -0.2) is 0 Å². The van der Waals surface area contributed by atoms with Gasteiger partial charge in [0.2, 0.25) is 0 Å². The van der Waals surface area contributed by atoms with E-state index in [1.165, 1.54) is 11.3 Å². The Bertz CT molecular complexity index is 172. The fraction of sp³-hybridized carbons (Fsp3) is 0.167. The Kier molecular flexibility index (Phi) is 0.392. The van der Waals surface area contributed by atoms with Gasteiger partial charge in [-0.1, -0.05) is 6.07 Å². The third-order valence-corrected chi connectivity index (χ3v) is 1.22. The number of nitrogens with zero attached hydrogens (tertiary/aromatic N) is 1. The maximum absolute atomic E-state index is 4.07. The van der Waals surface area contributed by atoms with Crippen molar-refractivity contribution >= 4 is 0 Å². The van der Waals surface area contributed by atoms with Gasteiger partial charge in [0, 0.05) is 18.3 Å². The molecule has 1 aromatic rings. The second kappa shape index (κ2) is 0.861. The highest BCUT2D eigenvalue weighted by Gasteiger charge is 2.14. The van der Waals surface area contributed by atoms with Crippen molar-refractivity contribution in [3.05, 3.63) is 29.6 Å². The summed E-state index contributed by atoms with van der Waals surface area (Å²) in [6.07, 6.45) is 2.97. The molecule has 0 bridgehead atoms. The molecular weight excluding hydrogens is 86.1 g/mol. The molecule has 1 heterocycles. The van der Waals surface area contributed by atoms with Crippen LogP contribution in [0.1, 0.15) is 11.3 Å². The zero-order valence-corrected chi connectivity index (χ0v) is 3.89. The average Bonchev–Trinajstić information content (AvgIpc) is 2.41. The molecule has 1 aliphatic carbocycles. The fourth-order valence-electron chi connectivity index (χ4n) is 0.712. The summed E-state index contributed by atoms with van der Waals surface area (Å²) < 4.78 is 0. The molecule has 34 valence electrons. The lowest BCUT2D eigenvalue weighted by Crippen LogP contribution is -1.60. The van der Waals surface area contributed by atoms with E-state index in [2.05, 4.69) is 11.1 Å². The zero-order chi connectivity index (χ0) is 4.69. The summed E-state index contributed by atoms with van der Waals surface area (Å²) in [7, 11) is 0. The van der Waals surface area contributed by atoms with E-state index >= 15 is 0 Å². The lowest BCUT2D eigenvalue weighted by atomic mass is 10.5. The van der Waals surface area contributed by atoms with E-state index in [0.717, 1.165) is 6.42 Å². The maximum atomic E-state index is 4.07. The minimum atomic E-state index is 1.13. The smallest absolute Gasteiger partial charge is 0.0483 e. The first-order chi connectivity index (χ1) is 3.47. The predicted octanol–water partition coefficient (Wildman–Crippen LogP) is 0.986. The number of rotatable bonds is 0. The summed E-state index contributed by atoms with van der Waals surface area (Å²) in [5.41, 5.74) is 2.70. The zero-order valence-electron chi connectivity index (χ0n) is 3.89. The van der Waals surface area contributed by atoms with E-state index in [9.17, 15) is 0 Å². The van der Waals surface area contributed by atoms with Crippen LogP contribution >= 0.6 is 0 Å². The molecule has 0 unspecified atom stereocenters. The van der Waals surface area contributed by atoms with Gasteiger partial charge in [0.25, 0.3) is 0 Å². The van der Waals surface area contributed by atoms with Crippen molar-refractivity contribution in [2.75, 3.05) is 0 Å². The molecule has 0 spiro atoms. The summed E-state index contributed by atoms with van der Waals surface area (Å²) >= 11 is 0. The summed E-state index contributed by atoms with van der Waals surface area (Å²) in [4.78, 5) is 4.07. The molecule has 0 aromatic carbocycles. The standard InChI is InChI=1S/C6H5N/c1-2-5-4-6(5)7-3-1/h1-3H,4H2. The molecule has 1 aromatic heterocycles. The first-order valence-corrected chi connectivity index (χ1v) is 2.39. The Morgan fingerprint density at radius 3 is 3.14 bits per heavy atom. The number of pyridine rings is 1. The van der Waals surface area contributed by atoms with Crippen LogP contribution in [0.2, 0.25) is 0 Å². The summed E-state index contributed by atoms with van der Waals surface area (Å²) in [6, 6.07) is 4.09. The molecule has 1 nitrogen and oxygen atoms in total. The summed E-state index contributed by atoms with van der Waals surface area (Å²) in [5, 5.41) is 0. The highest BCUT2D eigenvalue weighted by Crippen LogP contribution is 2.22. The maximum Gasteiger partial charge on any atom is 0.0483 e. The molecular formula is C6H5N. The van der Waals surface area contributed by atoms with Crippen molar-refractivity contribution in [3.8, 4) is 0 Å². The Morgan fingerprint density at radius 2 is 2.57 bits per heavy atom. The quantitative estimate of drug-likeness (QED) is 0.471. The minimum absolute atomic E-state index is 1.13. The van der Waals surface area contributed by atoms with Crippen molar-refractivity contribution in [2.45, 2.75) is 6.42 Å². The van der Waals surface area contributed by atoms with E-state index in [0.29, 0.717) is 0 Å². The highest BCUT2D eigenvalue weighted by molar-refractivity contribution is 5.37. The first-order valence-electron chi connectivity index (χ1n) is 2.39. The largest absolute Gasteiger partial charge is 0.261 e. The van der Waals surface area contributed by atoms with Crippen LogP contribution in [0.4, 0.5) is 0 Å². The molecule has 0 atom stereocenters. The summed E-state index contributed by atoms with van der Waals surface area (Å²) in [5.74, 6) is 0. The second-order valence-electron chi connectivity index (χ2n) is 1.79. The molecule has 0 N–H and O–H groups in total. The normalized spacial score (nSPS) is 13.1. The van der Waals surface area contributed by atoms with Gasteiger partial charge in [0.05, 0.1) is 0 Å². The van der Waals surface area contributed by atoms with E-state index in [1.54, 1.807) is 0 Å². The van der Waals surface area contributed by atoms with Crippen LogP contribution in [-0.2, 0) is 6.42 Å². The van der Waals surface area contributed by atoms with Crippen LogP contribution in [0.25, 0.3) is 0 Å². The SMILES string of the molecule is c1cnc2c(c1)C2. The Morgan fingerprint density at radius 1 is 1.57 bits per heavy atom. The number of hydrogen-bond donors (Lipinski definition) is 0. The topological polar surface area (TPSA) is 12.9 Å². The lowest BCUT2D eigenvalue weighted by molar-refractivity contribution is 1.31. The average molecular weight is 91.1 g/mol. The van der Waals surface area contributed by atoms with Gasteiger partial charge in [-0.15, -0.1) is 0 Å². The van der Waals surface area contributed by atoms with Gasteiger partial charge in [-0.2, -0.15) is 0 Å². The van der Waals surface area contributed by atoms with Gasteiger partial charge < -0.3 is 0 Å². The summed E-state index contributed by atoms with van der Waals surface area (Å²) in [6.45, 7) is 0. The van der Waals surface area contributed by atoms with Crippen molar-refractivity contribution < 1.29 is 0 Å². The third-order valence-electron chi connectivity index (χ3n) is 1.22. The molecule has 0 saturated carbocycles. The van der Waals surface area contributed by atoms with Gasteiger partial charge >= 0.3 is 0 Å². The van der Waals surface area contributed by atoms with Crippen molar-refractivity contribution in [1.82, 2.24) is 4.98 Å². The number of aromatic nitrogens is 1. The number of hydrogen-bond acceptors (Lipinski definition) is 1. The molecule has 7 heavy (non-hydrogen) atoms. The van der Waals surface area contributed by atoms with Crippen molar-refractivity contribution in [2.24, 2.45) is 0 Å². The third kappa shape index (κ3) is 0.346. The molecule has 1 heteroatoms. The Labute approximate surface area is 42.0 Å². The fourth-order valence-corrected chi connectivity index (χ4v) is 0.712. The van der Waals surface area contributed by atoms with Crippen LogP contribution in [-0.4, -0.2) is 4.98 Å². The highest BCUT2D eigenvalue weighted by atomic mass is 14.7. The minimum Gasteiger partial charge on any atom is -0.261 e. The van der Waals surface area contributed by atoms with Gasteiger partial charge in [-0.3, -0.25) is 4.98 Å². The molecule has 2 rings (SSSR count). The van der Waals surface area contributed by atoms with Crippen LogP contribution in [0, 0.1) is 0 Å². The van der Waals surface area contributed by atoms with Gasteiger partial charge in [0.1, 0.15) is 0 Å². The molecule has 0 amide bonds. The van der Waals surface area contributed by atoms with E-state index in [1.807, 2.05) is 12.3 Å². The van der Waals surface area contributed by atoms with Crippen molar-refractivity contribution in [1.29, 1.82) is 0 Å². The van der Waals surface area contributed by atoms with Crippen LogP contribution in [0.3, 0.4) is 0 Å². The Hall–Kier alpha value is -0.850. The predicted molar refractivity (Wildman–Crippen MR) is 27.0 cm³/mol. The van der Waals surface area contributed by atoms with Gasteiger partial charge in [0.15, 0.2) is 0 Å². The number of fused-ring (bicyclic) bond motifs is 1. The van der Waals surface area contributed by atoms with E-state index in [-0.39, 0.29) is 0 Å². The molecule has 0 fully saturated rings. The van der Waals surface area contributed by atoms with Crippen LogP contribution < -0.4 is 0 Å².